The van der Waals surface area contributed by atoms with Gasteiger partial charge in [0.15, 0.2) is 10.7 Å². The molecule has 0 amide bonds. The van der Waals surface area contributed by atoms with Crippen molar-refractivity contribution >= 4 is 27.2 Å². The van der Waals surface area contributed by atoms with E-state index >= 15 is 0 Å². The Morgan fingerprint density at radius 3 is 2.25 bits per heavy atom. The lowest BCUT2D eigenvalue weighted by Crippen LogP contribution is -2.44. The van der Waals surface area contributed by atoms with Crippen LogP contribution >= 0.6 is 0 Å². The number of nitro groups is 1. The highest BCUT2D eigenvalue weighted by molar-refractivity contribution is 7.92. The minimum atomic E-state index is -4.12. The largest absolute Gasteiger partial charge is 0.353 e. The fourth-order valence-corrected chi connectivity index (χ4v) is 4.67. The van der Waals surface area contributed by atoms with E-state index in [0.29, 0.717) is 5.69 Å². The van der Waals surface area contributed by atoms with E-state index in [0.717, 1.165) is 43.6 Å². The van der Waals surface area contributed by atoms with Gasteiger partial charge in [-0.05, 0) is 37.4 Å². The summed E-state index contributed by atoms with van der Waals surface area (Å²) in [6, 6.07) is 15.6. The van der Waals surface area contributed by atoms with Crippen LogP contribution in [0.4, 0.5) is 17.2 Å². The summed E-state index contributed by atoms with van der Waals surface area (Å²) in [6.07, 6.45) is 0. The third-order valence-electron chi connectivity index (χ3n) is 5.26. The van der Waals surface area contributed by atoms with Gasteiger partial charge in [0.25, 0.3) is 15.7 Å². The van der Waals surface area contributed by atoms with Gasteiger partial charge in [-0.3, -0.25) is 14.8 Å². The van der Waals surface area contributed by atoms with Crippen molar-refractivity contribution in [1.29, 1.82) is 0 Å². The molecule has 0 aliphatic carbocycles. The van der Waals surface area contributed by atoms with E-state index in [4.69, 9.17) is 0 Å². The number of benzene rings is 2. The molecule has 1 N–H and O–H groups in total. The second-order valence-electron chi connectivity index (χ2n) is 7.47. The zero-order chi connectivity index (χ0) is 22.7. The highest BCUT2D eigenvalue weighted by atomic mass is 32.2. The standard InChI is InChI=1S/C21H22N6O4S/c1-25-12-14-26(15-13-25)21-11-10-18(22-23-21)16-6-8-17(9-7-16)24-32(30,31)20-5-3-2-4-19(20)27(28)29/h2-11,24H,12-15H2,1H3. The number of likely N-dealkylation sites (N-methyl/N-ethyl adjacent to an activating group) is 1. The molecule has 2 aromatic carbocycles. The van der Waals surface area contributed by atoms with E-state index in [1.165, 1.54) is 18.2 Å². The average Bonchev–Trinajstić information content (AvgIpc) is 2.80. The van der Waals surface area contributed by atoms with Gasteiger partial charge in [0.05, 0.1) is 10.6 Å². The molecule has 0 spiro atoms. The van der Waals surface area contributed by atoms with Crippen LogP contribution in [0.2, 0.25) is 0 Å². The Morgan fingerprint density at radius 2 is 1.62 bits per heavy atom. The number of sulfonamides is 1. The predicted octanol–water partition coefficient (Wildman–Crippen LogP) is 2.60. The predicted molar refractivity (Wildman–Crippen MR) is 121 cm³/mol. The summed E-state index contributed by atoms with van der Waals surface area (Å²) in [7, 11) is -2.02. The van der Waals surface area contributed by atoms with E-state index in [1.54, 1.807) is 24.3 Å². The maximum atomic E-state index is 12.6. The minimum absolute atomic E-state index is 0.286. The van der Waals surface area contributed by atoms with Crippen LogP contribution in [0.15, 0.2) is 65.6 Å². The van der Waals surface area contributed by atoms with E-state index < -0.39 is 20.6 Å². The topological polar surface area (TPSA) is 122 Å². The van der Waals surface area contributed by atoms with Gasteiger partial charge in [-0.2, -0.15) is 0 Å². The molecular weight excluding hydrogens is 432 g/mol. The number of rotatable bonds is 6. The van der Waals surface area contributed by atoms with Crippen molar-refractivity contribution in [3.63, 3.8) is 0 Å². The van der Waals surface area contributed by atoms with E-state index in [2.05, 4.69) is 31.8 Å². The van der Waals surface area contributed by atoms with Gasteiger partial charge in [-0.1, -0.05) is 24.3 Å². The summed E-state index contributed by atoms with van der Waals surface area (Å²) >= 11 is 0. The van der Waals surface area contributed by atoms with Crippen LogP contribution in [0.5, 0.6) is 0 Å². The van der Waals surface area contributed by atoms with Crippen LogP contribution in [-0.2, 0) is 10.0 Å². The maximum Gasteiger partial charge on any atom is 0.289 e. The van der Waals surface area contributed by atoms with Crippen LogP contribution in [0.25, 0.3) is 11.3 Å². The first-order valence-corrected chi connectivity index (χ1v) is 11.5. The molecule has 0 radical (unpaired) electrons. The molecule has 166 valence electrons. The van der Waals surface area contributed by atoms with Gasteiger partial charge >= 0.3 is 0 Å². The lowest BCUT2D eigenvalue weighted by molar-refractivity contribution is -0.387. The van der Waals surface area contributed by atoms with Crippen LogP contribution < -0.4 is 9.62 Å². The van der Waals surface area contributed by atoms with Crippen molar-refractivity contribution in [2.24, 2.45) is 0 Å². The maximum absolute atomic E-state index is 12.6. The Balaban J connectivity index is 1.48. The van der Waals surface area contributed by atoms with Gasteiger partial charge in [-0.25, -0.2) is 8.42 Å². The molecule has 1 aliphatic heterocycles. The average molecular weight is 455 g/mol. The van der Waals surface area contributed by atoms with Gasteiger partial charge in [-0.15, -0.1) is 10.2 Å². The molecule has 1 aromatic heterocycles. The first kappa shape index (κ1) is 21.7. The molecule has 2 heterocycles. The molecule has 0 atom stereocenters. The second kappa shape index (κ2) is 8.89. The van der Waals surface area contributed by atoms with E-state index in [9.17, 15) is 18.5 Å². The Morgan fingerprint density at radius 1 is 0.938 bits per heavy atom. The summed E-state index contributed by atoms with van der Waals surface area (Å²) in [5.41, 5.74) is 1.24. The first-order valence-electron chi connectivity index (χ1n) is 9.97. The molecule has 4 rings (SSSR count). The first-order chi connectivity index (χ1) is 15.3. The third kappa shape index (κ3) is 4.68. The summed E-state index contributed by atoms with van der Waals surface area (Å²) in [4.78, 5) is 14.5. The molecule has 1 aliphatic rings. The van der Waals surface area contributed by atoms with Gasteiger partial charge in [0.1, 0.15) is 0 Å². The number of hydrogen-bond acceptors (Lipinski definition) is 8. The van der Waals surface area contributed by atoms with Gasteiger partial charge in [0.2, 0.25) is 0 Å². The molecular formula is C21H22N6O4S. The highest BCUT2D eigenvalue weighted by Gasteiger charge is 2.25. The zero-order valence-electron chi connectivity index (χ0n) is 17.4. The lowest BCUT2D eigenvalue weighted by Gasteiger charge is -2.32. The van der Waals surface area contributed by atoms with Crippen molar-refractivity contribution < 1.29 is 13.3 Å². The molecule has 10 nitrogen and oxygen atoms in total. The number of nitro benzene ring substituents is 1. The number of piperazine rings is 1. The van der Waals surface area contributed by atoms with E-state index in [-0.39, 0.29) is 10.6 Å². The molecule has 1 fully saturated rings. The van der Waals surface area contributed by atoms with Crippen LogP contribution in [0, 0.1) is 10.1 Å². The summed E-state index contributed by atoms with van der Waals surface area (Å²) in [5.74, 6) is 0.829. The number of hydrogen-bond donors (Lipinski definition) is 1. The molecule has 11 heteroatoms. The van der Waals surface area contributed by atoms with Gasteiger partial charge < -0.3 is 9.80 Å². The summed E-state index contributed by atoms with van der Waals surface area (Å²) < 4.78 is 27.7. The van der Waals surface area contributed by atoms with E-state index in [1.807, 2.05) is 12.1 Å². The number of para-hydroxylation sites is 1. The molecule has 3 aromatic rings. The smallest absolute Gasteiger partial charge is 0.289 e. The molecule has 0 bridgehead atoms. The van der Waals surface area contributed by atoms with Crippen molar-refractivity contribution in [2.45, 2.75) is 4.90 Å². The molecule has 0 saturated carbocycles. The third-order valence-corrected chi connectivity index (χ3v) is 6.69. The van der Waals surface area contributed by atoms with Crippen LogP contribution in [0.1, 0.15) is 0 Å². The Hall–Kier alpha value is -3.57. The van der Waals surface area contributed by atoms with Crippen molar-refractivity contribution in [1.82, 2.24) is 15.1 Å². The number of aromatic nitrogens is 2. The second-order valence-corrected chi connectivity index (χ2v) is 9.13. The minimum Gasteiger partial charge on any atom is -0.353 e. The SMILES string of the molecule is CN1CCN(c2ccc(-c3ccc(NS(=O)(=O)c4ccccc4[N+](=O)[O-])cc3)nn2)CC1. The number of nitrogens with one attached hydrogen (secondary N) is 1. The van der Waals surface area contributed by atoms with Crippen molar-refractivity contribution in [2.75, 3.05) is 42.8 Å². The van der Waals surface area contributed by atoms with Crippen LogP contribution in [0.3, 0.4) is 0 Å². The monoisotopic (exact) mass is 454 g/mol. The number of nitrogens with zero attached hydrogens (tertiary/aromatic N) is 5. The number of anilines is 2. The van der Waals surface area contributed by atoms with Crippen LogP contribution in [-0.4, -0.2) is 61.7 Å². The normalized spacial score (nSPS) is 14.8. The van der Waals surface area contributed by atoms with Crippen molar-refractivity contribution in [3.05, 3.63) is 70.8 Å². The molecule has 32 heavy (non-hydrogen) atoms. The highest BCUT2D eigenvalue weighted by Crippen LogP contribution is 2.26. The fourth-order valence-electron chi connectivity index (χ4n) is 3.44. The Bertz CT molecular complexity index is 1210. The summed E-state index contributed by atoms with van der Waals surface area (Å²) in [5, 5.41) is 19.8. The quantitative estimate of drug-likeness (QED) is 0.446. The molecule has 0 unspecified atom stereocenters. The zero-order valence-corrected chi connectivity index (χ0v) is 18.2. The van der Waals surface area contributed by atoms with Gasteiger partial charge in [0, 0.05) is 43.5 Å². The summed E-state index contributed by atoms with van der Waals surface area (Å²) in [6.45, 7) is 3.76. The Kier molecular flexibility index (Phi) is 6.01. The molecule has 1 saturated heterocycles. The van der Waals surface area contributed by atoms with Crippen molar-refractivity contribution in [3.8, 4) is 11.3 Å². The fraction of sp³-hybridized carbons (Fsp3) is 0.238. The lowest BCUT2D eigenvalue weighted by atomic mass is 10.1. The Labute approximate surface area is 185 Å².